The molecule has 0 fully saturated rings. The fourth-order valence-electron chi connectivity index (χ4n) is 1.53. The van der Waals surface area contributed by atoms with Gasteiger partial charge >= 0.3 is 0 Å². The summed E-state index contributed by atoms with van der Waals surface area (Å²) in [7, 11) is 2.67. The van der Waals surface area contributed by atoms with E-state index in [1.165, 1.54) is 24.3 Å². The van der Waals surface area contributed by atoms with Gasteiger partial charge in [0.1, 0.15) is 11.6 Å². The van der Waals surface area contributed by atoms with Crippen molar-refractivity contribution in [3.63, 3.8) is 0 Å². The number of hydrogen-bond acceptors (Lipinski definition) is 0. The third-order valence-corrected chi connectivity index (χ3v) is 3.23. The maximum Gasteiger partial charge on any atom is 0.123 e. The second kappa shape index (κ2) is 4.71. The van der Waals surface area contributed by atoms with Crippen LogP contribution in [0.2, 0.25) is 0 Å². The van der Waals surface area contributed by atoms with Crippen LogP contribution in [0.3, 0.4) is 0 Å². The van der Waals surface area contributed by atoms with Crippen LogP contribution in [0.4, 0.5) is 8.78 Å². The van der Waals surface area contributed by atoms with Gasteiger partial charge in [-0.1, -0.05) is 24.3 Å². The van der Waals surface area contributed by atoms with Gasteiger partial charge in [-0.2, -0.15) is 0 Å². The molecule has 1 atom stereocenters. The van der Waals surface area contributed by atoms with Gasteiger partial charge in [-0.25, -0.2) is 8.78 Å². The second-order valence-electron chi connectivity index (χ2n) is 3.58. The van der Waals surface area contributed by atoms with Crippen molar-refractivity contribution in [2.24, 2.45) is 0 Å². The van der Waals surface area contributed by atoms with Crippen LogP contribution in [0, 0.1) is 11.6 Å². The summed E-state index contributed by atoms with van der Waals surface area (Å²) >= 11 is 0. The molecule has 1 unspecified atom stereocenters. The zero-order valence-corrected chi connectivity index (χ0v) is 9.68. The van der Waals surface area contributed by atoms with E-state index in [4.69, 9.17) is 0 Å². The van der Waals surface area contributed by atoms with Crippen LogP contribution in [0.15, 0.2) is 48.5 Å². The normalized spacial score (nSPS) is 10.8. The smallest absolute Gasteiger partial charge is 0.123 e. The van der Waals surface area contributed by atoms with E-state index in [1.54, 1.807) is 24.3 Å². The number of benzene rings is 2. The van der Waals surface area contributed by atoms with Gasteiger partial charge in [0.05, 0.1) is 0 Å². The van der Waals surface area contributed by atoms with E-state index in [1.807, 2.05) is 0 Å². The van der Waals surface area contributed by atoms with E-state index in [9.17, 15) is 8.78 Å². The van der Waals surface area contributed by atoms with Crippen molar-refractivity contribution in [1.82, 2.24) is 0 Å². The highest BCUT2D eigenvalue weighted by molar-refractivity contribution is 7.17. The van der Waals surface area contributed by atoms with Gasteiger partial charge in [-0.3, -0.25) is 0 Å². The Morgan fingerprint density at radius 1 is 0.688 bits per heavy atom. The van der Waals surface area contributed by atoms with E-state index >= 15 is 0 Å². The summed E-state index contributed by atoms with van der Waals surface area (Å²) < 4.78 is 25.5. The van der Waals surface area contributed by atoms with Crippen molar-refractivity contribution in [3.8, 4) is 0 Å². The lowest BCUT2D eigenvalue weighted by atomic mass is 10.0. The molecule has 0 radical (unpaired) electrons. The molecular formula is C13H11F2P. The fourth-order valence-corrected chi connectivity index (χ4v) is 1.98. The first-order chi connectivity index (χ1) is 7.66. The number of hydrogen-bond donors (Lipinski definition) is 0. The topological polar surface area (TPSA) is 0 Å². The summed E-state index contributed by atoms with van der Waals surface area (Å²) in [5, 5.41) is 0. The maximum atomic E-state index is 12.7. The van der Waals surface area contributed by atoms with Crippen LogP contribution < -0.4 is 0 Å². The molecule has 0 nitrogen and oxygen atoms in total. The highest BCUT2D eigenvalue weighted by atomic mass is 31.0. The van der Waals surface area contributed by atoms with Gasteiger partial charge in [-0.05, 0) is 35.4 Å². The molecule has 3 heteroatoms. The Kier molecular flexibility index (Phi) is 3.31. The highest BCUT2D eigenvalue weighted by Crippen LogP contribution is 2.30. The molecule has 0 spiro atoms. The van der Waals surface area contributed by atoms with E-state index < -0.39 is 0 Å². The predicted molar refractivity (Wildman–Crippen MR) is 64.4 cm³/mol. The molecule has 0 amide bonds. The molecule has 0 N–H and O–H groups in total. The summed E-state index contributed by atoms with van der Waals surface area (Å²) in [6, 6.07) is 12.6. The van der Waals surface area contributed by atoms with Crippen LogP contribution in [0.1, 0.15) is 16.8 Å². The summed E-state index contributed by atoms with van der Waals surface area (Å²) in [6.45, 7) is 0. The Morgan fingerprint density at radius 2 is 1.00 bits per heavy atom. The molecule has 0 aliphatic heterocycles. The molecule has 0 aliphatic carbocycles. The molecule has 82 valence electrons. The van der Waals surface area contributed by atoms with Gasteiger partial charge in [-0.15, -0.1) is 9.24 Å². The second-order valence-corrected chi connectivity index (χ2v) is 4.25. The van der Waals surface area contributed by atoms with Crippen LogP contribution >= 0.6 is 9.24 Å². The lowest BCUT2D eigenvalue weighted by Crippen LogP contribution is -1.92. The zero-order chi connectivity index (χ0) is 11.5. The van der Waals surface area contributed by atoms with Crippen molar-refractivity contribution in [2.75, 3.05) is 0 Å². The quantitative estimate of drug-likeness (QED) is 0.693. The summed E-state index contributed by atoms with van der Waals surface area (Å²) in [5.41, 5.74) is 2.03. The lowest BCUT2D eigenvalue weighted by molar-refractivity contribution is 0.626. The number of halogens is 2. The zero-order valence-electron chi connectivity index (χ0n) is 8.53. The van der Waals surface area contributed by atoms with Crippen LogP contribution in [0.5, 0.6) is 0 Å². The lowest BCUT2D eigenvalue weighted by Gasteiger charge is -2.11. The van der Waals surface area contributed by atoms with Gasteiger partial charge < -0.3 is 0 Å². The molecule has 2 rings (SSSR count). The minimum atomic E-state index is -0.250. The first-order valence-electron chi connectivity index (χ1n) is 4.93. The third-order valence-electron chi connectivity index (χ3n) is 2.46. The van der Waals surface area contributed by atoms with Gasteiger partial charge in [0.15, 0.2) is 0 Å². The Bertz CT molecular complexity index is 417. The maximum absolute atomic E-state index is 12.7. The molecule has 2 aromatic rings. The molecule has 0 aromatic heterocycles. The Morgan fingerprint density at radius 3 is 1.31 bits per heavy atom. The largest absolute Gasteiger partial charge is 0.207 e. The summed E-state index contributed by atoms with van der Waals surface area (Å²) in [4.78, 5) is 0. The fraction of sp³-hybridized carbons (Fsp3) is 0.0769. The minimum Gasteiger partial charge on any atom is -0.207 e. The van der Waals surface area contributed by atoms with Crippen LogP contribution in [-0.4, -0.2) is 0 Å². The average molecular weight is 236 g/mol. The third kappa shape index (κ3) is 2.45. The molecule has 2 aromatic carbocycles. The molecule has 0 aliphatic rings. The van der Waals surface area contributed by atoms with Crippen molar-refractivity contribution in [2.45, 2.75) is 5.66 Å². The van der Waals surface area contributed by atoms with E-state index in [-0.39, 0.29) is 17.3 Å². The summed E-state index contributed by atoms with van der Waals surface area (Å²) in [6.07, 6.45) is 0. The van der Waals surface area contributed by atoms with E-state index in [2.05, 4.69) is 9.24 Å². The van der Waals surface area contributed by atoms with Gasteiger partial charge in [0, 0.05) is 5.66 Å². The average Bonchev–Trinajstić information content (AvgIpc) is 2.30. The molecule has 0 saturated heterocycles. The molecule has 0 heterocycles. The van der Waals surface area contributed by atoms with Gasteiger partial charge in [0.25, 0.3) is 0 Å². The van der Waals surface area contributed by atoms with Crippen molar-refractivity contribution >= 4 is 9.24 Å². The molecule has 16 heavy (non-hydrogen) atoms. The van der Waals surface area contributed by atoms with E-state index in [0.29, 0.717) is 0 Å². The minimum absolute atomic E-state index is 0.0567. The standard InChI is InChI=1S/C13H11F2P/c14-11-5-1-9(2-6-11)13(16)10-3-7-12(15)8-4-10/h1-8,13H,16H2. The monoisotopic (exact) mass is 236 g/mol. The van der Waals surface area contributed by atoms with Crippen LogP contribution in [-0.2, 0) is 0 Å². The Balaban J connectivity index is 2.28. The van der Waals surface area contributed by atoms with E-state index in [0.717, 1.165) is 11.1 Å². The van der Waals surface area contributed by atoms with Crippen molar-refractivity contribution in [3.05, 3.63) is 71.3 Å². The number of rotatable bonds is 2. The van der Waals surface area contributed by atoms with Crippen LogP contribution in [0.25, 0.3) is 0 Å². The van der Waals surface area contributed by atoms with Gasteiger partial charge in [0.2, 0.25) is 0 Å². The summed E-state index contributed by atoms with van der Waals surface area (Å²) in [5.74, 6) is -0.500. The Hall–Kier alpha value is -1.27. The SMILES string of the molecule is Fc1ccc(C(P)c2ccc(F)cc2)cc1. The molecule has 0 saturated carbocycles. The molecular weight excluding hydrogens is 225 g/mol. The van der Waals surface area contributed by atoms with Crippen molar-refractivity contribution < 1.29 is 8.78 Å². The first kappa shape index (κ1) is 11.2. The molecule has 0 bridgehead atoms. The van der Waals surface area contributed by atoms with Crippen molar-refractivity contribution in [1.29, 1.82) is 0 Å². The first-order valence-corrected chi connectivity index (χ1v) is 5.60. The predicted octanol–water partition coefficient (Wildman–Crippen LogP) is 3.93. The highest BCUT2D eigenvalue weighted by Gasteiger charge is 2.08. The Labute approximate surface area is 95.5 Å².